The Bertz CT molecular complexity index is 828. The Morgan fingerprint density at radius 1 is 1.31 bits per heavy atom. The van der Waals surface area contributed by atoms with Crippen molar-refractivity contribution in [3.63, 3.8) is 0 Å². The van der Waals surface area contributed by atoms with Gasteiger partial charge in [0.15, 0.2) is 0 Å². The van der Waals surface area contributed by atoms with Crippen molar-refractivity contribution in [2.24, 2.45) is 0 Å². The molecular formula is C19H19ClN2O3S. The number of hydrogen-bond acceptors (Lipinski definition) is 4. The lowest BCUT2D eigenvalue weighted by Gasteiger charge is -2.25. The summed E-state index contributed by atoms with van der Waals surface area (Å²) in [5, 5.41) is 2.00. The monoisotopic (exact) mass is 390 g/mol. The lowest BCUT2D eigenvalue weighted by atomic mass is 10.1. The molecule has 1 N–H and O–H groups in total. The van der Waals surface area contributed by atoms with Crippen LogP contribution in [-0.2, 0) is 9.59 Å². The second-order valence-electron chi connectivity index (χ2n) is 5.86. The van der Waals surface area contributed by atoms with Gasteiger partial charge >= 0.3 is 0 Å². The maximum atomic E-state index is 12.5. The zero-order valence-corrected chi connectivity index (χ0v) is 16.0. The number of methoxy groups -OCH3 is 1. The van der Waals surface area contributed by atoms with Gasteiger partial charge in [-0.1, -0.05) is 18.2 Å². The number of hydrogen-bond donors (Lipinski definition) is 1. The van der Waals surface area contributed by atoms with Crippen molar-refractivity contribution >= 4 is 46.6 Å². The third kappa shape index (κ3) is 3.97. The molecule has 1 saturated heterocycles. The number of nitrogens with one attached hydrogen (secondary N) is 1. The maximum absolute atomic E-state index is 12.5. The Morgan fingerprint density at radius 2 is 2.08 bits per heavy atom. The molecule has 0 radical (unpaired) electrons. The number of halogens is 1. The Balaban J connectivity index is 1.90. The first-order valence-electron chi connectivity index (χ1n) is 8.12. The van der Waals surface area contributed by atoms with Crippen LogP contribution in [0.3, 0.4) is 0 Å². The van der Waals surface area contributed by atoms with Crippen molar-refractivity contribution in [1.29, 1.82) is 0 Å². The zero-order valence-electron chi connectivity index (χ0n) is 14.4. The molecule has 1 aliphatic rings. The number of thioether (sulfide) groups is 1. The van der Waals surface area contributed by atoms with Crippen LogP contribution in [0.1, 0.15) is 17.9 Å². The summed E-state index contributed by atoms with van der Waals surface area (Å²) in [6, 6.07) is 14.9. The maximum Gasteiger partial charge on any atom is 0.242 e. The van der Waals surface area contributed by atoms with E-state index >= 15 is 0 Å². The van der Waals surface area contributed by atoms with Gasteiger partial charge in [-0.15, -0.1) is 23.4 Å². The molecule has 0 spiro atoms. The Hall–Kier alpha value is -2.18. The van der Waals surface area contributed by atoms with Gasteiger partial charge in [0.2, 0.25) is 11.8 Å². The molecule has 5 nitrogen and oxygen atoms in total. The molecule has 0 aliphatic carbocycles. The van der Waals surface area contributed by atoms with Gasteiger partial charge in [0.1, 0.15) is 16.5 Å². The van der Waals surface area contributed by atoms with Crippen LogP contribution in [0.2, 0.25) is 0 Å². The third-order valence-corrected chi connectivity index (χ3v) is 5.41. The Morgan fingerprint density at radius 3 is 2.81 bits per heavy atom. The first-order chi connectivity index (χ1) is 12.5. The van der Waals surface area contributed by atoms with Crippen molar-refractivity contribution in [3.05, 3.63) is 54.1 Å². The van der Waals surface area contributed by atoms with E-state index in [0.717, 1.165) is 11.3 Å². The number of ether oxygens (including phenoxy) is 1. The minimum Gasteiger partial charge on any atom is -0.497 e. The van der Waals surface area contributed by atoms with E-state index in [-0.39, 0.29) is 17.2 Å². The molecule has 0 unspecified atom stereocenters. The second kappa shape index (κ2) is 8.01. The smallest absolute Gasteiger partial charge is 0.242 e. The molecule has 136 valence electrons. The zero-order chi connectivity index (χ0) is 18.7. The number of rotatable bonds is 5. The van der Waals surface area contributed by atoms with E-state index in [4.69, 9.17) is 16.3 Å². The van der Waals surface area contributed by atoms with E-state index in [9.17, 15) is 9.59 Å². The van der Waals surface area contributed by atoms with E-state index in [2.05, 4.69) is 5.32 Å². The van der Waals surface area contributed by atoms with E-state index in [0.29, 0.717) is 17.2 Å². The topological polar surface area (TPSA) is 58.6 Å². The molecule has 1 heterocycles. The molecule has 26 heavy (non-hydrogen) atoms. The van der Waals surface area contributed by atoms with Gasteiger partial charge < -0.3 is 10.1 Å². The fourth-order valence-electron chi connectivity index (χ4n) is 2.72. The summed E-state index contributed by atoms with van der Waals surface area (Å²) in [7, 11) is 1.60. The molecule has 0 aromatic heterocycles. The van der Waals surface area contributed by atoms with Gasteiger partial charge in [-0.05, 0) is 36.8 Å². The molecule has 2 atom stereocenters. The lowest BCUT2D eigenvalue weighted by Crippen LogP contribution is -2.28. The predicted octanol–water partition coefficient (Wildman–Crippen LogP) is 4.04. The minimum absolute atomic E-state index is 0.0390. The van der Waals surface area contributed by atoms with E-state index < -0.39 is 5.38 Å². The number of amides is 2. The predicted molar refractivity (Wildman–Crippen MR) is 106 cm³/mol. The molecule has 2 amide bonds. The Labute approximate surface area is 161 Å². The molecule has 0 saturated carbocycles. The SMILES string of the molecule is COc1cccc(N2C(=O)CS[C@@H]2c2cccc(NC(=O)[C@@H](C)Cl)c2)c1. The highest BCUT2D eigenvalue weighted by Crippen LogP contribution is 2.42. The first-order valence-corrected chi connectivity index (χ1v) is 9.60. The highest BCUT2D eigenvalue weighted by molar-refractivity contribution is 8.00. The minimum atomic E-state index is -0.616. The van der Waals surface area contributed by atoms with E-state index in [1.165, 1.54) is 0 Å². The molecule has 3 rings (SSSR count). The van der Waals surface area contributed by atoms with Crippen LogP contribution in [-0.4, -0.2) is 30.1 Å². The van der Waals surface area contributed by atoms with Gasteiger partial charge in [-0.25, -0.2) is 0 Å². The van der Waals surface area contributed by atoms with E-state index in [1.54, 1.807) is 36.8 Å². The van der Waals surface area contributed by atoms with Crippen molar-refractivity contribution in [1.82, 2.24) is 0 Å². The highest BCUT2D eigenvalue weighted by atomic mass is 35.5. The number of carbonyl (C=O) groups is 2. The first kappa shape index (κ1) is 18.6. The molecule has 1 fully saturated rings. The summed E-state index contributed by atoms with van der Waals surface area (Å²) in [4.78, 5) is 26.1. The normalized spacial score (nSPS) is 17.9. The second-order valence-corrected chi connectivity index (χ2v) is 7.58. The van der Waals surface area contributed by atoms with Crippen molar-refractivity contribution in [2.45, 2.75) is 17.7 Å². The number of alkyl halides is 1. The third-order valence-electron chi connectivity index (χ3n) is 4.00. The number of carbonyl (C=O) groups excluding carboxylic acids is 2. The van der Waals surface area contributed by atoms with Crippen LogP contribution >= 0.6 is 23.4 Å². The largest absolute Gasteiger partial charge is 0.497 e. The standard InChI is InChI=1S/C19H19ClN2O3S/c1-12(20)18(24)21-14-6-3-5-13(9-14)19-22(17(23)11-26-19)15-7-4-8-16(10-15)25-2/h3-10,12,19H,11H2,1-2H3,(H,21,24)/t12-,19-/m1/s1. The van der Waals surface area contributed by atoms with Crippen molar-refractivity contribution in [3.8, 4) is 5.75 Å². The van der Waals surface area contributed by atoms with Crippen LogP contribution in [0.4, 0.5) is 11.4 Å². The van der Waals surface area contributed by atoms with Crippen molar-refractivity contribution in [2.75, 3.05) is 23.1 Å². The van der Waals surface area contributed by atoms with Gasteiger partial charge in [0.25, 0.3) is 0 Å². The summed E-state index contributed by atoms with van der Waals surface area (Å²) < 4.78 is 5.27. The average molecular weight is 391 g/mol. The van der Waals surface area contributed by atoms with Gasteiger partial charge in [-0.2, -0.15) is 0 Å². The summed E-state index contributed by atoms with van der Waals surface area (Å²) in [5.41, 5.74) is 2.38. The summed E-state index contributed by atoms with van der Waals surface area (Å²) in [6.45, 7) is 1.62. The summed E-state index contributed by atoms with van der Waals surface area (Å²) in [5.74, 6) is 0.876. The number of benzene rings is 2. The summed E-state index contributed by atoms with van der Waals surface area (Å²) >= 11 is 7.37. The van der Waals surface area contributed by atoms with Crippen molar-refractivity contribution < 1.29 is 14.3 Å². The fraction of sp³-hybridized carbons (Fsp3) is 0.263. The van der Waals surface area contributed by atoms with Crippen LogP contribution in [0.15, 0.2) is 48.5 Å². The summed E-state index contributed by atoms with van der Waals surface area (Å²) in [6.07, 6.45) is 0. The molecule has 0 bridgehead atoms. The quantitative estimate of drug-likeness (QED) is 0.783. The molecule has 2 aromatic rings. The molecule has 1 aliphatic heterocycles. The Kier molecular flexibility index (Phi) is 5.74. The lowest BCUT2D eigenvalue weighted by molar-refractivity contribution is -0.116. The number of anilines is 2. The van der Waals surface area contributed by atoms with Gasteiger partial charge in [0, 0.05) is 17.4 Å². The highest BCUT2D eigenvalue weighted by Gasteiger charge is 2.34. The molecule has 7 heteroatoms. The van der Waals surface area contributed by atoms with Crippen LogP contribution in [0.25, 0.3) is 0 Å². The molecule has 2 aromatic carbocycles. The number of nitrogens with zero attached hydrogens (tertiary/aromatic N) is 1. The van der Waals surface area contributed by atoms with Gasteiger partial charge in [-0.3, -0.25) is 14.5 Å². The van der Waals surface area contributed by atoms with Crippen LogP contribution in [0, 0.1) is 0 Å². The average Bonchev–Trinajstić information content (AvgIpc) is 3.03. The van der Waals surface area contributed by atoms with Crippen LogP contribution in [0.5, 0.6) is 5.75 Å². The van der Waals surface area contributed by atoms with E-state index in [1.807, 2.05) is 42.5 Å². The van der Waals surface area contributed by atoms with Crippen LogP contribution < -0.4 is 15.0 Å². The molecular weight excluding hydrogens is 372 g/mol. The van der Waals surface area contributed by atoms with Gasteiger partial charge in [0.05, 0.1) is 12.9 Å². The fourth-order valence-corrected chi connectivity index (χ4v) is 3.94.